The first-order valence-corrected chi connectivity index (χ1v) is 15.0. The number of rotatable bonds is 13. The molecule has 0 bridgehead atoms. The molecule has 0 spiro atoms. The van der Waals surface area contributed by atoms with Gasteiger partial charge in [0.05, 0.1) is 18.8 Å². The number of carboxylic acids is 1. The van der Waals surface area contributed by atoms with E-state index in [2.05, 4.69) is 5.32 Å². The van der Waals surface area contributed by atoms with Gasteiger partial charge in [0, 0.05) is 66.4 Å². The summed E-state index contributed by atoms with van der Waals surface area (Å²) >= 11 is 5.76. The average Bonchev–Trinajstić information content (AvgIpc) is 3.03. The molecule has 0 aromatic heterocycles. The number of anilines is 1. The van der Waals surface area contributed by atoms with E-state index in [1.807, 2.05) is 61.5 Å². The van der Waals surface area contributed by atoms with Crippen LogP contribution in [-0.2, 0) is 11.2 Å². The van der Waals surface area contributed by atoms with Crippen molar-refractivity contribution in [3.63, 3.8) is 0 Å². The van der Waals surface area contributed by atoms with E-state index in [9.17, 15) is 19.5 Å². The van der Waals surface area contributed by atoms with E-state index in [1.54, 1.807) is 18.2 Å². The van der Waals surface area contributed by atoms with Crippen LogP contribution < -0.4 is 20.4 Å². The Kier molecular flexibility index (Phi) is 10.0. The molecule has 1 aliphatic carbocycles. The Labute approximate surface area is 265 Å². The quantitative estimate of drug-likeness (QED) is 0.0935. The molecular formula is C35H33ClN2O7. The molecule has 1 amide bonds. The van der Waals surface area contributed by atoms with E-state index < -0.39 is 11.9 Å². The van der Waals surface area contributed by atoms with Crippen LogP contribution in [0.5, 0.6) is 5.75 Å². The highest BCUT2D eigenvalue weighted by molar-refractivity contribution is 6.18. The van der Waals surface area contributed by atoms with E-state index >= 15 is 0 Å². The standard InChI is InChI=1S/C35H33ClN2O7/c1-38(2)24-6-11-28-31(20-24)45-32-21-25(39)7-12-29(32)33(28)27-10-5-23(19-30(27)35(41)42)34(40)37-15-16-43-17-18-44-26-8-3-22(4-9-26)13-14-36/h3-12,19-21H,13-18H2,1-2H3,(H,37,40)(H,41,42). The predicted molar refractivity (Wildman–Crippen MR) is 175 cm³/mol. The third-order valence-corrected chi connectivity index (χ3v) is 7.50. The van der Waals surface area contributed by atoms with Crippen molar-refractivity contribution in [2.45, 2.75) is 6.42 Å². The van der Waals surface area contributed by atoms with Gasteiger partial charge in [0.1, 0.15) is 23.7 Å². The van der Waals surface area contributed by atoms with Crippen LogP contribution in [0.15, 0.2) is 88.1 Å². The van der Waals surface area contributed by atoms with Crippen molar-refractivity contribution in [2.75, 3.05) is 51.2 Å². The number of nitrogens with zero attached hydrogens (tertiary/aromatic N) is 1. The highest BCUT2D eigenvalue weighted by Gasteiger charge is 2.23. The second kappa shape index (κ2) is 14.3. The molecule has 9 nitrogen and oxygen atoms in total. The van der Waals surface area contributed by atoms with Crippen molar-refractivity contribution in [2.24, 2.45) is 0 Å². The molecule has 232 valence electrons. The van der Waals surface area contributed by atoms with E-state index in [1.165, 1.54) is 18.2 Å². The highest BCUT2D eigenvalue weighted by Crippen LogP contribution is 2.42. The minimum atomic E-state index is -1.19. The number of carboxylic acid groups (broad SMARTS) is 1. The maximum absolute atomic E-state index is 12.9. The van der Waals surface area contributed by atoms with Crippen LogP contribution in [0.25, 0.3) is 33.4 Å². The Bertz CT molecular complexity index is 1850. The van der Waals surface area contributed by atoms with Crippen molar-refractivity contribution >= 4 is 40.1 Å². The molecule has 0 radical (unpaired) electrons. The minimum Gasteiger partial charge on any atom is -0.491 e. The van der Waals surface area contributed by atoms with Gasteiger partial charge in [-0.05, 0) is 66.1 Å². The van der Waals surface area contributed by atoms with Crippen LogP contribution in [-0.4, -0.2) is 63.3 Å². The van der Waals surface area contributed by atoms with E-state index in [0.717, 1.165) is 23.4 Å². The van der Waals surface area contributed by atoms with Crippen LogP contribution in [0.2, 0.25) is 0 Å². The highest BCUT2D eigenvalue weighted by atomic mass is 35.5. The molecule has 2 aliphatic rings. The SMILES string of the molecule is CN(C)c1ccc2c(-c3ccc(C(=O)NCCOCCOc4ccc(CCCl)cc4)cc3C(=O)O)c3ccc(=O)cc-3oc2c1. The zero-order chi connectivity index (χ0) is 31.9. The summed E-state index contributed by atoms with van der Waals surface area (Å²) in [4.78, 5) is 39.5. The Morgan fingerprint density at radius 2 is 1.69 bits per heavy atom. The minimum absolute atomic E-state index is 0.0524. The van der Waals surface area contributed by atoms with Gasteiger partial charge in [0.15, 0.2) is 5.43 Å². The zero-order valence-electron chi connectivity index (χ0n) is 25.0. The molecule has 0 unspecified atom stereocenters. The second-order valence-electron chi connectivity index (χ2n) is 10.6. The Morgan fingerprint density at radius 1 is 0.911 bits per heavy atom. The molecule has 0 saturated heterocycles. The second-order valence-corrected chi connectivity index (χ2v) is 11.0. The smallest absolute Gasteiger partial charge is 0.336 e. The van der Waals surface area contributed by atoms with Crippen LogP contribution >= 0.6 is 11.6 Å². The van der Waals surface area contributed by atoms with Gasteiger partial charge < -0.3 is 29.2 Å². The summed E-state index contributed by atoms with van der Waals surface area (Å²) in [5.74, 6) is 0.0282. The van der Waals surface area contributed by atoms with Crippen molar-refractivity contribution in [1.82, 2.24) is 5.32 Å². The molecule has 0 saturated carbocycles. The van der Waals surface area contributed by atoms with Crippen LogP contribution in [0.1, 0.15) is 26.3 Å². The fraction of sp³-hybridized carbons (Fsp3) is 0.229. The fourth-order valence-corrected chi connectivity index (χ4v) is 5.25. The molecule has 3 aromatic rings. The number of hydrogen-bond acceptors (Lipinski definition) is 7. The number of carbonyl (C=O) groups is 2. The van der Waals surface area contributed by atoms with E-state index in [-0.39, 0.29) is 29.7 Å². The Morgan fingerprint density at radius 3 is 2.42 bits per heavy atom. The number of fused-ring (bicyclic) bond motifs is 2. The van der Waals surface area contributed by atoms with Gasteiger partial charge >= 0.3 is 5.97 Å². The maximum Gasteiger partial charge on any atom is 0.336 e. The molecule has 3 aromatic carbocycles. The van der Waals surface area contributed by atoms with Gasteiger partial charge in [-0.15, -0.1) is 11.6 Å². The number of amides is 1. The summed E-state index contributed by atoms with van der Waals surface area (Å²) in [5.41, 5.74) is 4.03. The lowest BCUT2D eigenvalue weighted by Gasteiger charge is -2.19. The lowest BCUT2D eigenvalue weighted by Crippen LogP contribution is -2.28. The van der Waals surface area contributed by atoms with E-state index in [4.69, 9.17) is 25.5 Å². The number of aryl methyl sites for hydroxylation is 1. The van der Waals surface area contributed by atoms with Crippen molar-refractivity contribution < 1.29 is 28.6 Å². The lowest BCUT2D eigenvalue weighted by molar-refractivity contribution is 0.0697. The molecular weight excluding hydrogens is 596 g/mol. The first kappa shape index (κ1) is 31.6. The Balaban J connectivity index is 1.28. The normalized spacial score (nSPS) is 11.1. The summed E-state index contributed by atoms with van der Waals surface area (Å²) in [6, 6.07) is 22.3. The number of carbonyl (C=O) groups excluding carboxylic acids is 1. The predicted octanol–water partition coefficient (Wildman–Crippen LogP) is 5.94. The van der Waals surface area contributed by atoms with Gasteiger partial charge in [-0.1, -0.05) is 18.2 Å². The Hall–Kier alpha value is -4.86. The number of hydrogen-bond donors (Lipinski definition) is 2. The summed E-state index contributed by atoms with van der Waals surface area (Å²) in [5, 5.41) is 13.7. The number of nitrogens with one attached hydrogen (secondary N) is 1. The zero-order valence-corrected chi connectivity index (χ0v) is 25.7. The maximum atomic E-state index is 12.9. The molecule has 45 heavy (non-hydrogen) atoms. The number of aromatic carboxylic acids is 1. The average molecular weight is 629 g/mol. The third kappa shape index (κ3) is 7.45. The topological polar surface area (TPSA) is 118 Å². The van der Waals surface area contributed by atoms with E-state index in [0.29, 0.717) is 52.5 Å². The molecule has 10 heteroatoms. The number of alkyl halides is 1. The number of halogens is 1. The van der Waals surface area contributed by atoms with Crippen molar-refractivity contribution in [1.29, 1.82) is 0 Å². The third-order valence-electron chi connectivity index (χ3n) is 7.31. The van der Waals surface area contributed by atoms with Crippen LogP contribution in [0.3, 0.4) is 0 Å². The van der Waals surface area contributed by atoms with Gasteiger partial charge in [-0.2, -0.15) is 0 Å². The largest absolute Gasteiger partial charge is 0.491 e. The molecule has 1 heterocycles. The fourth-order valence-electron chi connectivity index (χ4n) is 5.03. The molecule has 0 atom stereocenters. The van der Waals surface area contributed by atoms with Gasteiger partial charge in [-0.25, -0.2) is 4.79 Å². The number of ether oxygens (including phenoxy) is 2. The first-order valence-electron chi connectivity index (χ1n) is 14.4. The summed E-state index contributed by atoms with van der Waals surface area (Å²) in [6.45, 7) is 1.19. The monoisotopic (exact) mass is 628 g/mol. The van der Waals surface area contributed by atoms with Gasteiger partial charge in [-0.3, -0.25) is 9.59 Å². The molecule has 0 fully saturated rings. The van der Waals surface area contributed by atoms with Crippen LogP contribution in [0, 0.1) is 0 Å². The van der Waals surface area contributed by atoms with Gasteiger partial charge in [0.25, 0.3) is 5.91 Å². The van der Waals surface area contributed by atoms with Crippen LogP contribution in [0.4, 0.5) is 5.69 Å². The summed E-state index contributed by atoms with van der Waals surface area (Å²) < 4.78 is 17.3. The first-order chi connectivity index (χ1) is 21.7. The lowest BCUT2D eigenvalue weighted by atomic mass is 9.89. The summed E-state index contributed by atoms with van der Waals surface area (Å²) in [6.07, 6.45) is 0.804. The van der Waals surface area contributed by atoms with Gasteiger partial charge in [0.2, 0.25) is 0 Å². The van der Waals surface area contributed by atoms with Crippen molar-refractivity contribution in [3.05, 3.63) is 106 Å². The molecule has 5 rings (SSSR count). The number of benzene rings is 4. The van der Waals surface area contributed by atoms with Crippen molar-refractivity contribution in [3.8, 4) is 28.2 Å². The summed E-state index contributed by atoms with van der Waals surface area (Å²) in [7, 11) is 3.80. The molecule has 2 N–H and O–H groups in total. The molecule has 1 aliphatic heterocycles.